The normalized spacial score (nSPS) is 11.3. The minimum atomic E-state index is 0.971. The third kappa shape index (κ3) is 3.34. The molecule has 4 aromatic carbocycles. The van der Waals surface area contributed by atoms with Crippen LogP contribution in [-0.4, -0.2) is 11.2 Å². The first-order chi connectivity index (χ1) is 14.4. The van der Waals surface area contributed by atoms with Gasteiger partial charge >= 0.3 is 0 Å². The average molecular weight is 373 g/mol. The molecule has 0 saturated heterocycles. The van der Waals surface area contributed by atoms with E-state index in [4.69, 9.17) is 10.1 Å². The number of nitrogens with zero attached hydrogens (tertiary/aromatic N) is 3. The summed E-state index contributed by atoms with van der Waals surface area (Å²) in [5, 5.41) is 9.06. The molecule has 0 bridgehead atoms. The molecule has 3 nitrogen and oxygen atoms in total. The van der Waals surface area contributed by atoms with Gasteiger partial charge in [-0.2, -0.15) is 5.10 Å². The van der Waals surface area contributed by atoms with Gasteiger partial charge in [0.1, 0.15) is 0 Å². The molecule has 0 N–H and O–H groups in total. The second kappa shape index (κ2) is 7.56. The van der Waals surface area contributed by atoms with Crippen LogP contribution in [0.3, 0.4) is 0 Å². The van der Waals surface area contributed by atoms with E-state index in [2.05, 4.69) is 36.4 Å². The van der Waals surface area contributed by atoms with Gasteiger partial charge in [0.2, 0.25) is 0 Å². The minimum absolute atomic E-state index is 0.971. The van der Waals surface area contributed by atoms with Crippen LogP contribution in [0.25, 0.3) is 21.8 Å². The summed E-state index contributed by atoms with van der Waals surface area (Å²) in [6.07, 6.45) is 1.95. The summed E-state index contributed by atoms with van der Waals surface area (Å²) in [6.45, 7) is 0. The Labute approximate surface area is 169 Å². The van der Waals surface area contributed by atoms with Gasteiger partial charge in [-0.3, -0.25) is 0 Å². The lowest BCUT2D eigenvalue weighted by atomic mass is 10.0. The number of pyridine rings is 1. The first kappa shape index (κ1) is 17.1. The van der Waals surface area contributed by atoms with Crippen LogP contribution in [0.4, 0.5) is 11.4 Å². The number of aromatic nitrogens is 1. The molecule has 29 heavy (non-hydrogen) atoms. The highest BCUT2D eigenvalue weighted by atomic mass is 15.5. The molecule has 0 spiro atoms. The van der Waals surface area contributed by atoms with Crippen molar-refractivity contribution in [1.82, 2.24) is 4.98 Å². The first-order valence-electron chi connectivity index (χ1n) is 9.62. The van der Waals surface area contributed by atoms with E-state index in [0.717, 1.165) is 38.7 Å². The van der Waals surface area contributed by atoms with Gasteiger partial charge in [0.15, 0.2) is 0 Å². The number of fused-ring (bicyclic) bond motifs is 2. The molecule has 0 aliphatic heterocycles. The molecule has 0 atom stereocenters. The SMILES string of the molecule is C(=NN(c1ccccc1)c1ccccc1)c1c2ccccc2nc2ccccc12. The minimum Gasteiger partial charge on any atom is -0.248 e. The molecule has 0 radical (unpaired) electrons. The largest absolute Gasteiger partial charge is 0.248 e. The summed E-state index contributed by atoms with van der Waals surface area (Å²) in [6, 6.07) is 36.8. The smallest absolute Gasteiger partial charge is 0.0716 e. The monoisotopic (exact) mass is 373 g/mol. The molecule has 0 saturated carbocycles. The molecule has 138 valence electrons. The molecular weight excluding hydrogens is 354 g/mol. The fraction of sp³-hybridized carbons (Fsp3) is 0. The molecule has 0 unspecified atom stereocenters. The van der Waals surface area contributed by atoms with Gasteiger partial charge in [-0.05, 0) is 36.4 Å². The topological polar surface area (TPSA) is 28.5 Å². The van der Waals surface area contributed by atoms with Crippen LogP contribution in [-0.2, 0) is 0 Å². The van der Waals surface area contributed by atoms with Gasteiger partial charge in [-0.1, -0.05) is 72.8 Å². The highest BCUT2D eigenvalue weighted by Crippen LogP contribution is 2.27. The number of rotatable bonds is 4. The quantitative estimate of drug-likeness (QED) is 0.203. The van der Waals surface area contributed by atoms with Crippen molar-refractivity contribution in [3.05, 3.63) is 115 Å². The van der Waals surface area contributed by atoms with Crippen LogP contribution < -0.4 is 5.01 Å². The van der Waals surface area contributed by atoms with E-state index >= 15 is 0 Å². The van der Waals surface area contributed by atoms with E-state index in [-0.39, 0.29) is 0 Å². The van der Waals surface area contributed by atoms with Crippen molar-refractivity contribution in [2.45, 2.75) is 0 Å². The van der Waals surface area contributed by atoms with E-state index in [0.29, 0.717) is 0 Å². The number of hydrogen-bond donors (Lipinski definition) is 0. The zero-order chi connectivity index (χ0) is 19.5. The summed E-state index contributed by atoms with van der Waals surface area (Å²) in [4.78, 5) is 4.81. The number of benzene rings is 4. The number of anilines is 2. The third-order valence-corrected chi connectivity index (χ3v) is 4.93. The fourth-order valence-corrected chi connectivity index (χ4v) is 3.55. The molecule has 1 aromatic heterocycles. The molecule has 5 rings (SSSR count). The Kier molecular flexibility index (Phi) is 4.47. The Morgan fingerprint density at radius 1 is 0.552 bits per heavy atom. The summed E-state index contributed by atoms with van der Waals surface area (Å²) < 4.78 is 0. The van der Waals surface area contributed by atoms with Crippen LogP contribution in [0.15, 0.2) is 114 Å². The van der Waals surface area contributed by atoms with Gasteiger partial charge in [0.05, 0.1) is 28.6 Å². The Morgan fingerprint density at radius 3 is 1.52 bits per heavy atom. The average Bonchev–Trinajstić information content (AvgIpc) is 2.80. The summed E-state index contributed by atoms with van der Waals surface area (Å²) in [5.74, 6) is 0. The van der Waals surface area contributed by atoms with Crippen molar-refractivity contribution in [3.63, 3.8) is 0 Å². The standard InChI is InChI=1S/C26H19N3/c1-3-11-20(12-4-1)29(21-13-5-2-6-14-21)27-19-24-22-15-7-9-17-25(22)28-26-18-10-8-16-23(24)26/h1-19H. The van der Waals surface area contributed by atoms with Crippen molar-refractivity contribution in [3.8, 4) is 0 Å². The highest BCUT2D eigenvalue weighted by Gasteiger charge is 2.10. The predicted molar refractivity (Wildman–Crippen MR) is 122 cm³/mol. The second-order valence-corrected chi connectivity index (χ2v) is 6.79. The molecule has 0 fully saturated rings. The molecule has 0 aliphatic rings. The maximum absolute atomic E-state index is 4.92. The first-order valence-corrected chi connectivity index (χ1v) is 9.62. The lowest BCUT2D eigenvalue weighted by molar-refractivity contribution is 1.09. The third-order valence-electron chi connectivity index (χ3n) is 4.93. The number of hydrazone groups is 1. The summed E-state index contributed by atoms with van der Waals surface area (Å²) in [5.41, 5.74) is 5.04. The van der Waals surface area contributed by atoms with Gasteiger partial charge in [-0.15, -0.1) is 0 Å². The van der Waals surface area contributed by atoms with Crippen LogP contribution in [0.2, 0.25) is 0 Å². The van der Waals surface area contributed by atoms with E-state index < -0.39 is 0 Å². The van der Waals surface area contributed by atoms with Crippen molar-refractivity contribution >= 4 is 39.4 Å². The fourth-order valence-electron chi connectivity index (χ4n) is 3.55. The lowest BCUT2D eigenvalue weighted by Gasteiger charge is -2.19. The molecular formula is C26H19N3. The van der Waals surface area contributed by atoms with Crippen LogP contribution in [0.5, 0.6) is 0 Å². The Balaban J connectivity index is 1.70. The van der Waals surface area contributed by atoms with Crippen LogP contribution in [0.1, 0.15) is 5.56 Å². The lowest BCUT2D eigenvalue weighted by Crippen LogP contribution is -2.09. The van der Waals surface area contributed by atoms with Gasteiger partial charge in [0.25, 0.3) is 0 Å². The van der Waals surface area contributed by atoms with Crippen LogP contribution >= 0.6 is 0 Å². The van der Waals surface area contributed by atoms with Crippen molar-refractivity contribution < 1.29 is 0 Å². The Morgan fingerprint density at radius 2 is 1.00 bits per heavy atom. The molecule has 0 aliphatic carbocycles. The maximum Gasteiger partial charge on any atom is 0.0716 e. The molecule has 3 heteroatoms. The van der Waals surface area contributed by atoms with E-state index in [9.17, 15) is 0 Å². The maximum atomic E-state index is 4.92. The van der Waals surface area contributed by atoms with Crippen molar-refractivity contribution in [1.29, 1.82) is 0 Å². The molecule has 1 heterocycles. The highest BCUT2D eigenvalue weighted by molar-refractivity contribution is 6.10. The number of hydrogen-bond acceptors (Lipinski definition) is 3. The van der Waals surface area contributed by atoms with E-state index in [1.54, 1.807) is 0 Å². The van der Waals surface area contributed by atoms with Gasteiger partial charge in [-0.25, -0.2) is 9.99 Å². The van der Waals surface area contributed by atoms with Crippen molar-refractivity contribution in [2.24, 2.45) is 5.10 Å². The predicted octanol–water partition coefficient (Wildman–Crippen LogP) is 6.56. The summed E-state index contributed by atoms with van der Waals surface area (Å²) >= 11 is 0. The molecule has 5 aromatic rings. The zero-order valence-corrected chi connectivity index (χ0v) is 15.8. The van der Waals surface area contributed by atoms with Gasteiger partial charge in [0, 0.05) is 16.3 Å². The number of para-hydroxylation sites is 4. The Hall–Kier alpha value is -3.98. The summed E-state index contributed by atoms with van der Waals surface area (Å²) in [7, 11) is 0. The van der Waals surface area contributed by atoms with Crippen molar-refractivity contribution in [2.75, 3.05) is 5.01 Å². The zero-order valence-electron chi connectivity index (χ0n) is 15.8. The van der Waals surface area contributed by atoms with Crippen LogP contribution in [0, 0.1) is 0 Å². The van der Waals surface area contributed by atoms with Gasteiger partial charge < -0.3 is 0 Å². The van der Waals surface area contributed by atoms with E-state index in [1.807, 2.05) is 84.0 Å². The van der Waals surface area contributed by atoms with E-state index in [1.165, 1.54) is 0 Å². The second-order valence-electron chi connectivity index (χ2n) is 6.79. The molecule has 0 amide bonds. The Bertz CT molecular complexity index is 1200.